The molecule has 0 radical (unpaired) electrons. The number of halogens is 1. The molecule has 1 aliphatic carbocycles. The number of nitro benzene ring substituents is 1. The standard InChI is InChI=1S/C13H17ClN2O3/c1-9(7-15-10-2-3-10)8-19-11-4-5-13(16(17)18)12(14)6-11/h4-6,9-10,15H,2-3,7-8H2,1H3. The topological polar surface area (TPSA) is 64.4 Å². The van der Waals surface area contributed by atoms with Gasteiger partial charge in [0.25, 0.3) is 5.69 Å². The Bertz CT molecular complexity index is 463. The van der Waals surface area contributed by atoms with Crippen molar-refractivity contribution in [2.24, 2.45) is 5.92 Å². The molecule has 1 N–H and O–H groups in total. The van der Waals surface area contributed by atoms with Crippen molar-refractivity contribution in [1.29, 1.82) is 0 Å². The molecule has 0 amide bonds. The van der Waals surface area contributed by atoms with Gasteiger partial charge >= 0.3 is 0 Å². The number of hydrogen-bond donors (Lipinski definition) is 1. The molecule has 6 heteroatoms. The van der Waals surface area contributed by atoms with Crippen LogP contribution in [-0.4, -0.2) is 24.1 Å². The van der Waals surface area contributed by atoms with Crippen LogP contribution < -0.4 is 10.1 Å². The van der Waals surface area contributed by atoms with E-state index >= 15 is 0 Å². The fourth-order valence-corrected chi connectivity index (χ4v) is 1.92. The number of rotatable bonds is 7. The molecular formula is C13H17ClN2O3. The summed E-state index contributed by atoms with van der Waals surface area (Å²) in [6.45, 7) is 3.58. The molecule has 1 aliphatic rings. The summed E-state index contributed by atoms with van der Waals surface area (Å²) in [4.78, 5) is 10.1. The van der Waals surface area contributed by atoms with Gasteiger partial charge in [0.2, 0.25) is 0 Å². The lowest BCUT2D eigenvalue weighted by molar-refractivity contribution is -0.384. The van der Waals surface area contributed by atoms with Gasteiger partial charge in [0, 0.05) is 30.6 Å². The Morgan fingerprint density at radius 2 is 2.32 bits per heavy atom. The van der Waals surface area contributed by atoms with Crippen LogP contribution in [0.3, 0.4) is 0 Å². The van der Waals surface area contributed by atoms with Crippen LogP contribution >= 0.6 is 11.6 Å². The third-order valence-electron chi connectivity index (χ3n) is 2.98. The minimum Gasteiger partial charge on any atom is -0.493 e. The molecule has 5 nitrogen and oxygen atoms in total. The van der Waals surface area contributed by atoms with Gasteiger partial charge in [-0.2, -0.15) is 0 Å². The summed E-state index contributed by atoms with van der Waals surface area (Å²) >= 11 is 5.82. The second-order valence-corrected chi connectivity index (χ2v) is 5.38. The fourth-order valence-electron chi connectivity index (χ4n) is 1.68. The van der Waals surface area contributed by atoms with Crippen molar-refractivity contribution in [2.75, 3.05) is 13.2 Å². The predicted octanol–water partition coefficient (Wildman–Crippen LogP) is 3.02. The Morgan fingerprint density at radius 3 is 2.89 bits per heavy atom. The van der Waals surface area contributed by atoms with E-state index in [1.807, 2.05) is 0 Å². The summed E-state index contributed by atoms with van der Waals surface area (Å²) in [5.41, 5.74) is -0.0996. The van der Waals surface area contributed by atoms with E-state index in [9.17, 15) is 10.1 Å². The minimum absolute atomic E-state index is 0.0996. The molecule has 1 saturated carbocycles. The number of nitro groups is 1. The van der Waals surface area contributed by atoms with Gasteiger partial charge in [-0.25, -0.2) is 0 Å². The molecule has 1 aromatic rings. The lowest BCUT2D eigenvalue weighted by atomic mass is 10.2. The van der Waals surface area contributed by atoms with Crippen molar-refractivity contribution >= 4 is 17.3 Å². The molecule has 0 bridgehead atoms. The smallest absolute Gasteiger partial charge is 0.288 e. The van der Waals surface area contributed by atoms with E-state index in [0.29, 0.717) is 24.3 Å². The van der Waals surface area contributed by atoms with E-state index in [2.05, 4.69) is 12.2 Å². The summed E-state index contributed by atoms with van der Waals surface area (Å²) in [6, 6.07) is 5.12. The zero-order valence-corrected chi connectivity index (χ0v) is 11.5. The minimum atomic E-state index is -0.506. The normalized spacial score (nSPS) is 16.1. The molecule has 0 heterocycles. The van der Waals surface area contributed by atoms with Gasteiger partial charge in [-0.15, -0.1) is 0 Å². The molecule has 1 fully saturated rings. The van der Waals surface area contributed by atoms with E-state index in [-0.39, 0.29) is 10.7 Å². The Balaban J connectivity index is 1.81. The molecule has 1 aromatic carbocycles. The van der Waals surface area contributed by atoms with Crippen molar-refractivity contribution in [3.05, 3.63) is 33.3 Å². The molecule has 0 aliphatic heterocycles. The molecule has 104 valence electrons. The molecule has 0 spiro atoms. The van der Waals surface area contributed by atoms with Crippen molar-refractivity contribution < 1.29 is 9.66 Å². The van der Waals surface area contributed by atoms with Gasteiger partial charge in [-0.3, -0.25) is 10.1 Å². The van der Waals surface area contributed by atoms with Crippen molar-refractivity contribution in [2.45, 2.75) is 25.8 Å². The van der Waals surface area contributed by atoms with Crippen LogP contribution in [0, 0.1) is 16.0 Å². The summed E-state index contributed by atoms with van der Waals surface area (Å²) in [5, 5.41) is 14.2. The van der Waals surface area contributed by atoms with Crippen molar-refractivity contribution in [1.82, 2.24) is 5.32 Å². The van der Waals surface area contributed by atoms with Gasteiger partial charge in [0.15, 0.2) is 0 Å². The van der Waals surface area contributed by atoms with Crippen LogP contribution in [0.25, 0.3) is 0 Å². The monoisotopic (exact) mass is 284 g/mol. The molecule has 0 aromatic heterocycles. The van der Waals surface area contributed by atoms with Crippen molar-refractivity contribution in [3.63, 3.8) is 0 Å². The van der Waals surface area contributed by atoms with E-state index < -0.39 is 4.92 Å². The van der Waals surface area contributed by atoms with Crippen LogP contribution in [0.1, 0.15) is 19.8 Å². The predicted molar refractivity (Wildman–Crippen MR) is 73.8 cm³/mol. The number of hydrogen-bond acceptors (Lipinski definition) is 4. The molecular weight excluding hydrogens is 268 g/mol. The highest BCUT2D eigenvalue weighted by Gasteiger charge is 2.21. The second-order valence-electron chi connectivity index (χ2n) is 4.97. The SMILES string of the molecule is CC(CNC1CC1)COc1ccc([N+](=O)[O-])c(Cl)c1. The Kier molecular flexibility index (Phi) is 4.61. The van der Waals surface area contributed by atoms with Gasteiger partial charge in [0.05, 0.1) is 11.5 Å². The van der Waals surface area contributed by atoms with Crippen LogP contribution in [-0.2, 0) is 0 Å². The number of nitrogens with zero attached hydrogens (tertiary/aromatic N) is 1. The Hall–Kier alpha value is -1.33. The van der Waals surface area contributed by atoms with Crippen LogP contribution in [0.2, 0.25) is 5.02 Å². The van der Waals surface area contributed by atoms with Crippen molar-refractivity contribution in [3.8, 4) is 5.75 Å². The summed E-state index contributed by atoms with van der Waals surface area (Å²) < 4.78 is 5.59. The summed E-state index contributed by atoms with van der Waals surface area (Å²) in [5.74, 6) is 0.948. The maximum absolute atomic E-state index is 10.6. The molecule has 1 atom stereocenters. The van der Waals surface area contributed by atoms with Crippen LogP contribution in [0.4, 0.5) is 5.69 Å². The third-order valence-corrected chi connectivity index (χ3v) is 3.29. The molecule has 19 heavy (non-hydrogen) atoms. The van der Waals surface area contributed by atoms with E-state index in [4.69, 9.17) is 16.3 Å². The number of ether oxygens (including phenoxy) is 1. The van der Waals surface area contributed by atoms with E-state index in [1.54, 1.807) is 6.07 Å². The van der Waals surface area contributed by atoms with Gasteiger partial charge in [0.1, 0.15) is 10.8 Å². The molecule has 0 saturated heterocycles. The highest BCUT2D eigenvalue weighted by Crippen LogP contribution is 2.28. The Labute approximate surface area is 117 Å². The zero-order chi connectivity index (χ0) is 13.8. The molecule has 2 rings (SSSR count). The average molecular weight is 285 g/mol. The van der Waals surface area contributed by atoms with Gasteiger partial charge < -0.3 is 10.1 Å². The fraction of sp³-hybridized carbons (Fsp3) is 0.538. The first-order valence-corrected chi connectivity index (χ1v) is 6.74. The number of benzene rings is 1. The lowest BCUT2D eigenvalue weighted by Gasteiger charge is -2.13. The first kappa shape index (κ1) is 14.1. The zero-order valence-electron chi connectivity index (χ0n) is 10.8. The second kappa shape index (κ2) is 6.21. The highest BCUT2D eigenvalue weighted by atomic mass is 35.5. The third kappa shape index (κ3) is 4.36. The van der Waals surface area contributed by atoms with Gasteiger partial charge in [-0.05, 0) is 18.9 Å². The lowest BCUT2D eigenvalue weighted by Crippen LogP contribution is -2.26. The summed E-state index contributed by atoms with van der Waals surface area (Å²) in [6.07, 6.45) is 2.54. The maximum atomic E-state index is 10.6. The average Bonchev–Trinajstić information content (AvgIpc) is 3.17. The van der Waals surface area contributed by atoms with Crippen LogP contribution in [0.15, 0.2) is 18.2 Å². The first-order chi connectivity index (χ1) is 9.06. The number of nitrogens with one attached hydrogen (secondary N) is 1. The van der Waals surface area contributed by atoms with E-state index in [1.165, 1.54) is 25.0 Å². The maximum Gasteiger partial charge on any atom is 0.288 e. The van der Waals surface area contributed by atoms with Crippen LogP contribution in [0.5, 0.6) is 5.75 Å². The highest BCUT2D eigenvalue weighted by molar-refractivity contribution is 6.32. The van der Waals surface area contributed by atoms with Gasteiger partial charge in [-0.1, -0.05) is 18.5 Å². The summed E-state index contributed by atoms with van der Waals surface area (Å²) in [7, 11) is 0. The molecule has 1 unspecified atom stereocenters. The first-order valence-electron chi connectivity index (χ1n) is 6.36. The largest absolute Gasteiger partial charge is 0.493 e. The quantitative estimate of drug-likeness (QED) is 0.617. The van der Waals surface area contributed by atoms with E-state index in [0.717, 1.165) is 6.54 Å². The Morgan fingerprint density at radius 1 is 1.58 bits per heavy atom.